The normalized spacial score (nSPS) is 29.8. The molecule has 2 fully saturated rings. The second kappa shape index (κ2) is 3.52. The predicted molar refractivity (Wildman–Crippen MR) is 60.0 cm³/mol. The third-order valence-electron chi connectivity index (χ3n) is 3.68. The highest BCUT2D eigenvalue weighted by Gasteiger charge is 2.36. The van der Waals surface area contributed by atoms with Gasteiger partial charge in [0.05, 0.1) is 6.20 Å². The molecule has 0 bridgehead atoms. The molecule has 0 radical (unpaired) electrons. The number of imidazole rings is 1. The van der Waals surface area contributed by atoms with Gasteiger partial charge in [-0.25, -0.2) is 4.98 Å². The maximum absolute atomic E-state index is 4.45. The fourth-order valence-corrected chi connectivity index (χ4v) is 2.72. The van der Waals surface area contributed by atoms with E-state index >= 15 is 0 Å². The zero-order valence-electron chi connectivity index (χ0n) is 9.16. The van der Waals surface area contributed by atoms with Crippen LogP contribution in [0.15, 0.2) is 6.20 Å². The van der Waals surface area contributed by atoms with Crippen molar-refractivity contribution in [1.82, 2.24) is 15.3 Å². The summed E-state index contributed by atoms with van der Waals surface area (Å²) < 4.78 is 0. The molecule has 3 heterocycles. The zero-order valence-corrected chi connectivity index (χ0v) is 9.16. The lowest BCUT2D eigenvalue weighted by atomic mass is 10.0. The summed E-state index contributed by atoms with van der Waals surface area (Å²) in [5, 5.41) is 3.46. The van der Waals surface area contributed by atoms with E-state index in [-0.39, 0.29) is 0 Å². The quantitative estimate of drug-likeness (QED) is 0.746. The van der Waals surface area contributed by atoms with Gasteiger partial charge in [0.25, 0.3) is 0 Å². The Kier molecular flexibility index (Phi) is 2.16. The topological polar surface area (TPSA) is 44.0 Å². The van der Waals surface area contributed by atoms with Crippen molar-refractivity contribution in [2.24, 2.45) is 11.8 Å². The van der Waals surface area contributed by atoms with E-state index in [1.54, 1.807) is 0 Å². The second-order valence-corrected chi connectivity index (χ2v) is 4.67. The van der Waals surface area contributed by atoms with Crippen LogP contribution in [0.3, 0.4) is 0 Å². The summed E-state index contributed by atoms with van der Waals surface area (Å²) >= 11 is 0. The number of aromatic nitrogens is 2. The van der Waals surface area contributed by atoms with E-state index < -0.39 is 0 Å². The third kappa shape index (κ3) is 1.53. The van der Waals surface area contributed by atoms with Crippen molar-refractivity contribution in [2.75, 3.05) is 31.1 Å². The number of H-pyrrole nitrogens is 1. The Balaban J connectivity index is 1.73. The van der Waals surface area contributed by atoms with Crippen LogP contribution in [0.4, 0.5) is 5.95 Å². The highest BCUT2D eigenvalue weighted by Crippen LogP contribution is 2.28. The molecule has 2 saturated heterocycles. The van der Waals surface area contributed by atoms with Gasteiger partial charge in [-0.05, 0) is 18.3 Å². The van der Waals surface area contributed by atoms with Gasteiger partial charge in [0, 0.05) is 31.9 Å². The van der Waals surface area contributed by atoms with Gasteiger partial charge < -0.3 is 15.2 Å². The van der Waals surface area contributed by atoms with Crippen molar-refractivity contribution in [3.05, 3.63) is 11.9 Å². The van der Waals surface area contributed by atoms with Crippen molar-refractivity contribution in [3.8, 4) is 0 Å². The van der Waals surface area contributed by atoms with Crippen molar-refractivity contribution in [3.63, 3.8) is 0 Å². The standard InChI is InChI=1S/C11H18N4/c1-2-10-5-13-11(14-10)15-6-8-3-12-4-9(8)7-15/h5,8-9,12H,2-4,6-7H2,1H3,(H,13,14). The van der Waals surface area contributed by atoms with E-state index in [0.717, 1.165) is 37.3 Å². The average Bonchev–Trinajstić information content (AvgIpc) is 2.91. The summed E-state index contributed by atoms with van der Waals surface area (Å²) in [6, 6.07) is 0. The molecule has 2 N–H and O–H groups in total. The lowest BCUT2D eigenvalue weighted by molar-refractivity contribution is 0.533. The van der Waals surface area contributed by atoms with Crippen LogP contribution in [-0.4, -0.2) is 36.1 Å². The fraction of sp³-hybridized carbons (Fsp3) is 0.727. The Hall–Kier alpha value is -1.03. The monoisotopic (exact) mass is 206 g/mol. The van der Waals surface area contributed by atoms with Crippen LogP contribution < -0.4 is 10.2 Å². The lowest BCUT2D eigenvalue weighted by Gasteiger charge is -2.15. The van der Waals surface area contributed by atoms with Crippen LogP contribution >= 0.6 is 0 Å². The third-order valence-corrected chi connectivity index (χ3v) is 3.68. The Morgan fingerprint density at radius 3 is 2.73 bits per heavy atom. The molecule has 1 aromatic rings. The summed E-state index contributed by atoms with van der Waals surface area (Å²) in [6.07, 6.45) is 3.00. The Labute approximate surface area is 90.1 Å². The highest BCUT2D eigenvalue weighted by molar-refractivity contribution is 5.34. The first-order valence-corrected chi connectivity index (χ1v) is 5.86. The fourth-order valence-electron chi connectivity index (χ4n) is 2.72. The molecule has 15 heavy (non-hydrogen) atoms. The summed E-state index contributed by atoms with van der Waals surface area (Å²) in [5.41, 5.74) is 1.24. The van der Waals surface area contributed by atoms with Gasteiger partial charge in [-0.3, -0.25) is 0 Å². The van der Waals surface area contributed by atoms with E-state index in [4.69, 9.17) is 0 Å². The van der Waals surface area contributed by atoms with Gasteiger partial charge in [0.15, 0.2) is 0 Å². The zero-order chi connectivity index (χ0) is 10.3. The molecule has 2 aliphatic heterocycles. The van der Waals surface area contributed by atoms with E-state index in [1.807, 2.05) is 6.20 Å². The number of nitrogens with one attached hydrogen (secondary N) is 2. The molecule has 4 heteroatoms. The summed E-state index contributed by atoms with van der Waals surface area (Å²) in [5.74, 6) is 2.74. The smallest absolute Gasteiger partial charge is 0.202 e. The average molecular weight is 206 g/mol. The number of hydrogen-bond acceptors (Lipinski definition) is 3. The molecule has 2 unspecified atom stereocenters. The largest absolute Gasteiger partial charge is 0.342 e. The first kappa shape index (κ1) is 9.21. The molecular weight excluding hydrogens is 188 g/mol. The number of hydrogen-bond donors (Lipinski definition) is 2. The van der Waals surface area contributed by atoms with Crippen molar-refractivity contribution < 1.29 is 0 Å². The molecule has 2 atom stereocenters. The number of aromatic amines is 1. The minimum atomic E-state index is 0.833. The molecule has 0 amide bonds. The van der Waals surface area contributed by atoms with Gasteiger partial charge in [-0.15, -0.1) is 0 Å². The van der Waals surface area contributed by atoms with E-state index in [9.17, 15) is 0 Å². The molecule has 82 valence electrons. The Morgan fingerprint density at radius 2 is 2.13 bits per heavy atom. The maximum Gasteiger partial charge on any atom is 0.202 e. The van der Waals surface area contributed by atoms with Crippen LogP contribution in [-0.2, 0) is 6.42 Å². The number of rotatable bonds is 2. The van der Waals surface area contributed by atoms with Gasteiger partial charge in [-0.1, -0.05) is 6.92 Å². The van der Waals surface area contributed by atoms with Crippen molar-refractivity contribution in [2.45, 2.75) is 13.3 Å². The van der Waals surface area contributed by atoms with Crippen LogP contribution in [0.2, 0.25) is 0 Å². The SMILES string of the molecule is CCc1cnc(N2CC3CNCC3C2)[nH]1. The van der Waals surface area contributed by atoms with Crippen molar-refractivity contribution in [1.29, 1.82) is 0 Å². The summed E-state index contributed by atoms with van der Waals surface area (Å²) in [4.78, 5) is 10.2. The Morgan fingerprint density at radius 1 is 1.40 bits per heavy atom. The van der Waals surface area contributed by atoms with E-state index in [1.165, 1.54) is 18.8 Å². The van der Waals surface area contributed by atoms with Crippen LogP contribution in [0.25, 0.3) is 0 Å². The number of anilines is 1. The van der Waals surface area contributed by atoms with Gasteiger partial charge >= 0.3 is 0 Å². The molecule has 2 aliphatic rings. The molecular formula is C11H18N4. The van der Waals surface area contributed by atoms with Crippen LogP contribution in [0, 0.1) is 11.8 Å². The van der Waals surface area contributed by atoms with E-state index in [0.29, 0.717) is 0 Å². The van der Waals surface area contributed by atoms with Gasteiger partial charge in [0.2, 0.25) is 5.95 Å². The minimum Gasteiger partial charge on any atom is -0.342 e. The highest BCUT2D eigenvalue weighted by atomic mass is 15.3. The summed E-state index contributed by atoms with van der Waals surface area (Å²) in [7, 11) is 0. The first-order valence-electron chi connectivity index (χ1n) is 5.86. The molecule has 0 spiro atoms. The van der Waals surface area contributed by atoms with Gasteiger partial charge in [-0.2, -0.15) is 0 Å². The molecule has 4 nitrogen and oxygen atoms in total. The number of fused-ring (bicyclic) bond motifs is 1. The molecule has 0 aliphatic carbocycles. The number of aryl methyl sites for hydroxylation is 1. The van der Waals surface area contributed by atoms with Crippen molar-refractivity contribution >= 4 is 5.95 Å². The first-order chi connectivity index (χ1) is 7.36. The lowest BCUT2D eigenvalue weighted by Crippen LogP contribution is -2.26. The van der Waals surface area contributed by atoms with Crippen LogP contribution in [0.5, 0.6) is 0 Å². The Bertz CT molecular complexity index is 334. The number of nitrogens with zero attached hydrogens (tertiary/aromatic N) is 2. The maximum atomic E-state index is 4.45. The predicted octanol–water partition coefficient (Wildman–Crippen LogP) is 0.628. The van der Waals surface area contributed by atoms with Crippen LogP contribution in [0.1, 0.15) is 12.6 Å². The molecule has 1 aromatic heterocycles. The second-order valence-electron chi connectivity index (χ2n) is 4.67. The molecule has 0 saturated carbocycles. The molecule has 0 aromatic carbocycles. The summed E-state index contributed by atoms with van der Waals surface area (Å²) in [6.45, 7) is 6.84. The van der Waals surface area contributed by atoms with Gasteiger partial charge in [0.1, 0.15) is 0 Å². The minimum absolute atomic E-state index is 0.833. The van der Waals surface area contributed by atoms with E-state index in [2.05, 4.69) is 27.1 Å². The molecule has 3 rings (SSSR count).